The molecule has 0 aliphatic carbocycles. The first-order chi connectivity index (χ1) is 14.4. The quantitative estimate of drug-likeness (QED) is 0.755. The van der Waals surface area contributed by atoms with Gasteiger partial charge in [0.05, 0.1) is 12.2 Å². The lowest BCUT2D eigenvalue weighted by Gasteiger charge is -2.39. The van der Waals surface area contributed by atoms with Crippen molar-refractivity contribution >= 4 is 34.9 Å². The maximum absolute atomic E-state index is 13.2. The van der Waals surface area contributed by atoms with E-state index < -0.39 is 0 Å². The molecule has 2 heterocycles. The van der Waals surface area contributed by atoms with Gasteiger partial charge in [0.2, 0.25) is 5.91 Å². The number of urea groups is 1. The summed E-state index contributed by atoms with van der Waals surface area (Å²) in [5.74, 6) is 0.589. The minimum atomic E-state index is -0.0981. The van der Waals surface area contributed by atoms with Gasteiger partial charge < -0.3 is 15.0 Å². The van der Waals surface area contributed by atoms with E-state index in [1.54, 1.807) is 23.1 Å². The van der Waals surface area contributed by atoms with Crippen LogP contribution in [0.15, 0.2) is 42.5 Å². The molecule has 1 saturated heterocycles. The minimum absolute atomic E-state index is 0.0218. The van der Waals surface area contributed by atoms with Gasteiger partial charge in [0.25, 0.3) is 0 Å². The fourth-order valence-electron chi connectivity index (χ4n) is 4.04. The summed E-state index contributed by atoms with van der Waals surface area (Å²) in [5.41, 5.74) is 2.58. The van der Waals surface area contributed by atoms with Crippen LogP contribution in [0.3, 0.4) is 0 Å². The van der Waals surface area contributed by atoms with Crippen molar-refractivity contribution in [1.82, 2.24) is 4.90 Å². The third kappa shape index (κ3) is 4.24. The van der Waals surface area contributed by atoms with Gasteiger partial charge in [-0.25, -0.2) is 4.79 Å². The number of anilines is 2. The van der Waals surface area contributed by atoms with Crippen LogP contribution in [0.2, 0.25) is 5.02 Å². The lowest BCUT2D eigenvalue weighted by molar-refractivity contribution is -0.121. The average molecular weight is 428 g/mol. The highest BCUT2D eigenvalue weighted by atomic mass is 35.5. The predicted molar refractivity (Wildman–Crippen MR) is 118 cm³/mol. The molecule has 0 unspecified atom stereocenters. The van der Waals surface area contributed by atoms with Gasteiger partial charge >= 0.3 is 6.03 Å². The molecular weight excluding hydrogens is 402 g/mol. The summed E-state index contributed by atoms with van der Waals surface area (Å²) < 4.78 is 5.85. The SMILES string of the molecule is Cc1ccccc1NC(=O)C1CCN(C(=O)N2C[C@@H](C)Oc3ccc(Cl)cc32)CC1. The Labute approximate surface area is 181 Å². The number of nitrogens with one attached hydrogen (secondary N) is 1. The second-order valence-electron chi connectivity index (χ2n) is 8.00. The number of nitrogens with zero attached hydrogens (tertiary/aromatic N) is 2. The molecule has 0 bridgehead atoms. The Hall–Kier alpha value is -2.73. The number of benzene rings is 2. The van der Waals surface area contributed by atoms with Gasteiger partial charge in [-0.2, -0.15) is 0 Å². The minimum Gasteiger partial charge on any atom is -0.487 e. The van der Waals surface area contributed by atoms with E-state index in [2.05, 4.69) is 5.32 Å². The summed E-state index contributed by atoms with van der Waals surface area (Å²) in [5, 5.41) is 3.59. The monoisotopic (exact) mass is 427 g/mol. The third-order valence-electron chi connectivity index (χ3n) is 5.75. The van der Waals surface area contributed by atoms with Crippen molar-refractivity contribution in [2.45, 2.75) is 32.8 Å². The number of hydrogen-bond acceptors (Lipinski definition) is 3. The molecule has 6 nitrogen and oxygen atoms in total. The van der Waals surface area contributed by atoms with Gasteiger partial charge in [0.1, 0.15) is 11.9 Å². The highest BCUT2D eigenvalue weighted by molar-refractivity contribution is 6.31. The molecule has 1 atom stereocenters. The molecule has 1 fully saturated rings. The summed E-state index contributed by atoms with van der Waals surface area (Å²) in [6, 6.07) is 13.0. The molecule has 0 saturated carbocycles. The normalized spacial score (nSPS) is 19.1. The number of halogens is 1. The molecule has 158 valence electrons. The van der Waals surface area contributed by atoms with E-state index in [1.165, 1.54) is 0 Å². The summed E-state index contributed by atoms with van der Waals surface area (Å²) in [6.45, 7) is 5.49. The topological polar surface area (TPSA) is 61.9 Å². The molecule has 0 aromatic heterocycles. The van der Waals surface area contributed by atoms with Crippen LogP contribution in [0.1, 0.15) is 25.3 Å². The highest BCUT2D eigenvalue weighted by Crippen LogP contribution is 2.36. The number of carbonyl (C=O) groups excluding carboxylic acids is 2. The number of para-hydroxylation sites is 1. The third-order valence-corrected chi connectivity index (χ3v) is 5.98. The zero-order valence-electron chi connectivity index (χ0n) is 17.2. The smallest absolute Gasteiger partial charge is 0.324 e. The summed E-state index contributed by atoms with van der Waals surface area (Å²) in [7, 11) is 0. The highest BCUT2D eigenvalue weighted by Gasteiger charge is 2.34. The maximum atomic E-state index is 13.2. The van der Waals surface area contributed by atoms with Crippen LogP contribution in [0.5, 0.6) is 5.75 Å². The molecular formula is C23H26ClN3O3. The average Bonchev–Trinajstić information content (AvgIpc) is 2.74. The van der Waals surface area contributed by atoms with Gasteiger partial charge in [-0.05, 0) is 56.5 Å². The van der Waals surface area contributed by atoms with E-state index in [4.69, 9.17) is 16.3 Å². The fraction of sp³-hybridized carbons (Fsp3) is 0.391. The Morgan fingerprint density at radius 1 is 1.13 bits per heavy atom. The van der Waals surface area contributed by atoms with Crippen molar-refractivity contribution in [1.29, 1.82) is 0 Å². The molecule has 3 amide bonds. The Kier molecular flexibility index (Phi) is 5.86. The Morgan fingerprint density at radius 2 is 1.87 bits per heavy atom. The second kappa shape index (κ2) is 8.56. The lowest BCUT2D eigenvalue weighted by Crippen LogP contribution is -2.51. The van der Waals surface area contributed by atoms with Crippen LogP contribution in [-0.2, 0) is 4.79 Å². The zero-order chi connectivity index (χ0) is 21.3. The van der Waals surface area contributed by atoms with Crippen molar-refractivity contribution in [3.63, 3.8) is 0 Å². The zero-order valence-corrected chi connectivity index (χ0v) is 18.0. The number of hydrogen-bond donors (Lipinski definition) is 1. The first-order valence-corrected chi connectivity index (χ1v) is 10.7. The second-order valence-corrected chi connectivity index (χ2v) is 8.44. The van der Waals surface area contributed by atoms with Crippen LogP contribution in [0, 0.1) is 12.8 Å². The first kappa shape index (κ1) is 20.5. The molecule has 2 aliphatic heterocycles. The van der Waals surface area contributed by atoms with Crippen molar-refractivity contribution in [3.05, 3.63) is 53.1 Å². The summed E-state index contributed by atoms with van der Waals surface area (Å²) >= 11 is 6.15. The van der Waals surface area contributed by atoms with E-state index in [1.807, 2.05) is 43.0 Å². The molecule has 2 aromatic rings. The van der Waals surface area contributed by atoms with Crippen LogP contribution in [0.25, 0.3) is 0 Å². The summed E-state index contributed by atoms with van der Waals surface area (Å²) in [6.07, 6.45) is 1.19. The molecule has 0 radical (unpaired) electrons. The van der Waals surface area contributed by atoms with Gasteiger partial charge in [0.15, 0.2) is 0 Å². The van der Waals surface area contributed by atoms with Gasteiger partial charge in [-0.1, -0.05) is 29.8 Å². The Bertz CT molecular complexity index is 956. The number of ether oxygens (including phenoxy) is 1. The maximum Gasteiger partial charge on any atom is 0.324 e. The van der Waals surface area contributed by atoms with Gasteiger partial charge in [0, 0.05) is 29.7 Å². The van der Waals surface area contributed by atoms with Crippen LogP contribution < -0.4 is 15.0 Å². The fourth-order valence-corrected chi connectivity index (χ4v) is 4.21. The molecule has 30 heavy (non-hydrogen) atoms. The molecule has 0 spiro atoms. The summed E-state index contributed by atoms with van der Waals surface area (Å²) in [4.78, 5) is 29.5. The van der Waals surface area contributed by atoms with E-state index in [0.717, 1.165) is 11.3 Å². The number of fused-ring (bicyclic) bond motifs is 1. The largest absolute Gasteiger partial charge is 0.487 e. The van der Waals surface area contributed by atoms with E-state index >= 15 is 0 Å². The standard InChI is InChI=1S/C23H26ClN3O3/c1-15-5-3-4-6-19(15)25-22(28)17-9-11-26(12-10-17)23(29)27-14-16(2)30-21-8-7-18(24)13-20(21)27/h3-8,13,16-17H,9-12,14H2,1-2H3,(H,25,28)/t16-/m1/s1. The van der Waals surface area contributed by atoms with Crippen LogP contribution >= 0.6 is 11.6 Å². The van der Waals surface area contributed by atoms with Crippen LogP contribution in [0.4, 0.5) is 16.2 Å². The van der Waals surface area contributed by atoms with Gasteiger partial charge in [-0.15, -0.1) is 0 Å². The van der Waals surface area contributed by atoms with E-state index in [0.29, 0.717) is 48.9 Å². The molecule has 2 aliphatic rings. The number of amides is 3. The number of likely N-dealkylation sites (tertiary alicyclic amines) is 1. The number of aryl methyl sites for hydroxylation is 1. The van der Waals surface area contributed by atoms with Gasteiger partial charge in [-0.3, -0.25) is 9.69 Å². The van der Waals surface area contributed by atoms with Crippen molar-refractivity contribution in [3.8, 4) is 5.75 Å². The van der Waals surface area contributed by atoms with Crippen LogP contribution in [-0.4, -0.2) is 42.6 Å². The Morgan fingerprint density at radius 3 is 2.60 bits per heavy atom. The predicted octanol–water partition coefficient (Wildman–Crippen LogP) is 4.71. The molecule has 2 aromatic carbocycles. The Balaban J connectivity index is 1.40. The number of piperidine rings is 1. The van der Waals surface area contributed by atoms with E-state index in [9.17, 15) is 9.59 Å². The molecule has 7 heteroatoms. The number of carbonyl (C=O) groups is 2. The van der Waals surface area contributed by atoms with Crippen molar-refractivity contribution in [2.75, 3.05) is 29.9 Å². The first-order valence-electron chi connectivity index (χ1n) is 10.3. The molecule has 1 N–H and O–H groups in total. The van der Waals surface area contributed by atoms with Crippen molar-refractivity contribution in [2.24, 2.45) is 5.92 Å². The lowest BCUT2D eigenvalue weighted by atomic mass is 9.95. The van der Waals surface area contributed by atoms with Crippen molar-refractivity contribution < 1.29 is 14.3 Å². The molecule has 4 rings (SSSR count). The number of rotatable bonds is 2. The van der Waals surface area contributed by atoms with E-state index in [-0.39, 0.29) is 24.0 Å².